The normalized spacial score (nSPS) is 18.7. The zero-order valence-corrected chi connectivity index (χ0v) is 20.2. The molecular formula is C25H24N4SSe. The van der Waals surface area contributed by atoms with Gasteiger partial charge in [-0.25, -0.2) is 0 Å². The number of hydrogen-bond acceptors (Lipinski definition) is 5. The molecule has 1 atom stereocenters. The van der Waals surface area contributed by atoms with E-state index >= 15 is 0 Å². The fourth-order valence-electron chi connectivity index (χ4n) is 4.17. The van der Waals surface area contributed by atoms with Gasteiger partial charge in [0.2, 0.25) is 0 Å². The van der Waals surface area contributed by atoms with E-state index in [9.17, 15) is 5.26 Å². The zero-order chi connectivity index (χ0) is 21.4. The molecule has 1 unspecified atom stereocenters. The Morgan fingerprint density at radius 3 is 2.19 bits per heavy atom. The van der Waals surface area contributed by atoms with Gasteiger partial charge in [-0.3, -0.25) is 0 Å². The van der Waals surface area contributed by atoms with E-state index in [0.29, 0.717) is 0 Å². The zero-order valence-electron chi connectivity index (χ0n) is 17.7. The number of thiophene rings is 1. The van der Waals surface area contributed by atoms with Crippen molar-refractivity contribution >= 4 is 37.7 Å². The monoisotopic (exact) mass is 492 g/mol. The van der Waals surface area contributed by atoms with E-state index < -0.39 is 0 Å². The van der Waals surface area contributed by atoms with E-state index in [-0.39, 0.29) is 21.0 Å². The molecule has 3 aromatic rings. The average molecular weight is 492 g/mol. The first-order valence-electron chi connectivity index (χ1n) is 10.3. The van der Waals surface area contributed by atoms with Gasteiger partial charge in [0.15, 0.2) is 0 Å². The number of rotatable bonds is 3. The third-order valence-electron chi connectivity index (χ3n) is 5.82. The van der Waals surface area contributed by atoms with Crippen LogP contribution in [0, 0.1) is 25.2 Å². The SMILES string of the molecule is Cc1ccc(N2C[Se]C3=C(C#N)C(c4cccs4)N(c4ccc(C)cc4)CN3C2)cc1. The van der Waals surface area contributed by atoms with Gasteiger partial charge in [-0.15, -0.1) is 0 Å². The second-order valence-corrected chi connectivity index (χ2v) is 11.0. The van der Waals surface area contributed by atoms with E-state index in [4.69, 9.17) is 0 Å². The standard InChI is InChI=1S/C25H24N4SSe/c1-18-5-9-20(10-6-18)28-15-27-16-29(21-11-7-19(2)8-12-21)24(23-4-3-13-30-23)22(14-26)25(27)31-17-28/h3-13,24H,15-17H2,1-2H3. The fraction of sp³-hybridized carbons (Fsp3) is 0.240. The van der Waals surface area contributed by atoms with Crippen molar-refractivity contribution in [2.24, 2.45) is 0 Å². The van der Waals surface area contributed by atoms with Gasteiger partial charge in [-0.1, -0.05) is 0 Å². The number of nitriles is 1. The van der Waals surface area contributed by atoms with Crippen LogP contribution in [-0.4, -0.2) is 38.6 Å². The van der Waals surface area contributed by atoms with E-state index in [1.165, 1.54) is 26.3 Å². The number of anilines is 2. The molecule has 0 N–H and O–H groups in total. The third kappa shape index (κ3) is 3.85. The quantitative estimate of drug-likeness (QED) is 0.480. The summed E-state index contributed by atoms with van der Waals surface area (Å²) in [4.78, 5) is 8.48. The Morgan fingerprint density at radius 1 is 0.903 bits per heavy atom. The van der Waals surface area contributed by atoms with Gasteiger partial charge in [-0.05, 0) is 0 Å². The van der Waals surface area contributed by atoms with E-state index in [2.05, 4.69) is 101 Å². The van der Waals surface area contributed by atoms with Gasteiger partial charge in [0.1, 0.15) is 0 Å². The molecule has 2 aliphatic heterocycles. The van der Waals surface area contributed by atoms with Crippen LogP contribution in [0.4, 0.5) is 11.4 Å². The summed E-state index contributed by atoms with van der Waals surface area (Å²) in [7, 11) is 0. The van der Waals surface area contributed by atoms with Crippen LogP contribution in [0.2, 0.25) is 0 Å². The molecule has 0 amide bonds. The van der Waals surface area contributed by atoms with Crippen molar-refractivity contribution in [1.82, 2.24) is 4.90 Å². The molecule has 0 bridgehead atoms. The Bertz CT molecular complexity index is 1130. The molecule has 4 nitrogen and oxygen atoms in total. The molecule has 2 aromatic carbocycles. The maximum atomic E-state index is 10.3. The van der Waals surface area contributed by atoms with Crippen molar-refractivity contribution in [2.75, 3.05) is 28.6 Å². The minimum atomic E-state index is -0.00763. The van der Waals surface area contributed by atoms with Crippen molar-refractivity contribution in [3.63, 3.8) is 0 Å². The van der Waals surface area contributed by atoms with Gasteiger partial charge in [0, 0.05) is 0 Å². The van der Waals surface area contributed by atoms with Crippen molar-refractivity contribution in [2.45, 2.75) is 19.9 Å². The van der Waals surface area contributed by atoms with Crippen molar-refractivity contribution in [3.8, 4) is 6.07 Å². The Labute approximate surface area is 194 Å². The summed E-state index contributed by atoms with van der Waals surface area (Å²) >= 11 is 1.96. The Kier molecular flexibility index (Phi) is 5.50. The van der Waals surface area contributed by atoms with Crippen LogP contribution in [0.1, 0.15) is 22.0 Å². The molecule has 5 rings (SSSR count). The maximum absolute atomic E-state index is 10.3. The van der Waals surface area contributed by atoms with Gasteiger partial charge in [0.25, 0.3) is 0 Å². The van der Waals surface area contributed by atoms with Gasteiger partial charge < -0.3 is 0 Å². The topological polar surface area (TPSA) is 33.5 Å². The van der Waals surface area contributed by atoms with Gasteiger partial charge in [-0.2, -0.15) is 0 Å². The predicted octanol–water partition coefficient (Wildman–Crippen LogP) is 5.06. The van der Waals surface area contributed by atoms with Crippen molar-refractivity contribution < 1.29 is 0 Å². The molecule has 0 radical (unpaired) electrons. The van der Waals surface area contributed by atoms with E-state index in [0.717, 1.165) is 30.0 Å². The number of hydrogen-bond donors (Lipinski definition) is 0. The summed E-state index contributed by atoms with van der Waals surface area (Å²) in [6, 6.07) is 24.3. The van der Waals surface area contributed by atoms with Crippen LogP contribution >= 0.6 is 11.3 Å². The summed E-state index contributed by atoms with van der Waals surface area (Å²) in [6.07, 6.45) is 0. The molecule has 3 heterocycles. The van der Waals surface area contributed by atoms with Crippen molar-refractivity contribution in [1.29, 1.82) is 5.26 Å². The first kappa shape index (κ1) is 20.2. The fourth-order valence-corrected chi connectivity index (χ4v) is 7.36. The first-order valence-corrected chi connectivity index (χ1v) is 13.3. The summed E-state index contributed by atoms with van der Waals surface area (Å²) in [5.74, 6) is 0. The molecule has 1 fully saturated rings. The molecular weight excluding hydrogens is 467 g/mol. The molecule has 31 heavy (non-hydrogen) atoms. The molecule has 1 aromatic heterocycles. The Morgan fingerprint density at radius 2 is 1.58 bits per heavy atom. The van der Waals surface area contributed by atoms with Crippen LogP contribution in [0.15, 0.2) is 76.2 Å². The number of fused-ring (bicyclic) bond motifs is 1. The number of nitrogens with zero attached hydrogens (tertiary/aromatic N) is 4. The van der Waals surface area contributed by atoms with Crippen LogP contribution in [0.25, 0.3) is 0 Å². The Hall–Kier alpha value is -2.71. The minimum absolute atomic E-state index is 0.00763. The second-order valence-electron chi connectivity index (χ2n) is 8.03. The van der Waals surface area contributed by atoms with Crippen LogP contribution in [0.5, 0.6) is 0 Å². The molecule has 6 heteroatoms. The summed E-state index contributed by atoms with van der Waals surface area (Å²) in [6.45, 7) is 5.84. The van der Waals surface area contributed by atoms with Gasteiger partial charge in [0.05, 0.1) is 0 Å². The number of aryl methyl sites for hydroxylation is 2. The van der Waals surface area contributed by atoms with Crippen molar-refractivity contribution in [3.05, 3.63) is 92.2 Å². The summed E-state index contributed by atoms with van der Waals surface area (Å²) < 4.78 is 1.26. The third-order valence-corrected chi connectivity index (χ3v) is 9.25. The molecule has 156 valence electrons. The molecule has 0 aliphatic carbocycles. The number of benzene rings is 2. The van der Waals surface area contributed by atoms with Crippen LogP contribution < -0.4 is 9.80 Å². The van der Waals surface area contributed by atoms with Crippen LogP contribution in [0.3, 0.4) is 0 Å². The van der Waals surface area contributed by atoms with Crippen LogP contribution in [-0.2, 0) is 0 Å². The molecule has 0 spiro atoms. The molecule has 1 saturated heterocycles. The first-order chi connectivity index (χ1) is 15.1. The van der Waals surface area contributed by atoms with E-state index in [1.807, 2.05) is 0 Å². The van der Waals surface area contributed by atoms with E-state index in [1.54, 1.807) is 11.3 Å². The molecule has 0 saturated carbocycles. The molecule has 2 aliphatic rings. The summed E-state index contributed by atoms with van der Waals surface area (Å²) in [5, 5.41) is 12.4. The summed E-state index contributed by atoms with van der Waals surface area (Å²) in [5.41, 5.74) is 6.85. The second kappa shape index (κ2) is 8.43. The average Bonchev–Trinajstić information content (AvgIpc) is 3.33. The van der Waals surface area contributed by atoms with Gasteiger partial charge >= 0.3 is 195 Å². The Balaban J connectivity index is 1.54. The predicted molar refractivity (Wildman–Crippen MR) is 129 cm³/mol.